The van der Waals surface area contributed by atoms with Crippen LogP contribution in [0.5, 0.6) is 0 Å². The predicted octanol–water partition coefficient (Wildman–Crippen LogP) is 7.61. The van der Waals surface area contributed by atoms with Crippen molar-refractivity contribution in [3.8, 4) is 0 Å². The van der Waals surface area contributed by atoms with Crippen LogP contribution in [0.1, 0.15) is 117 Å². The van der Waals surface area contributed by atoms with E-state index in [9.17, 15) is 49.5 Å². The van der Waals surface area contributed by atoms with E-state index in [0.29, 0.717) is 37.4 Å². The number of carbonyl (C=O) groups is 5. The zero-order chi connectivity index (χ0) is 47.8. The molecule has 1 unspecified atom stereocenters. The summed E-state index contributed by atoms with van der Waals surface area (Å²) >= 11 is 0.682. The van der Waals surface area contributed by atoms with Gasteiger partial charge in [0.15, 0.2) is 29.1 Å². The summed E-state index contributed by atoms with van der Waals surface area (Å²) in [6.07, 6.45) is 10.6. The summed E-state index contributed by atoms with van der Waals surface area (Å²) in [6, 6.07) is 6.08. The van der Waals surface area contributed by atoms with Crippen molar-refractivity contribution in [1.82, 2.24) is 4.90 Å². The molecule has 9 aliphatic rings. The number of rotatable bonds is 3. The molecule has 1 heterocycles. The normalized spacial score (nSPS) is 44.6. The highest BCUT2D eigenvalue weighted by molar-refractivity contribution is 8.26. The van der Waals surface area contributed by atoms with Crippen LogP contribution in [0, 0.1) is 71.0 Å². The highest BCUT2D eigenvalue weighted by atomic mass is 32.2. The second-order valence-corrected chi connectivity index (χ2v) is 23.1. The van der Waals surface area contributed by atoms with E-state index in [1.807, 2.05) is 45.1 Å². The first-order valence-corrected chi connectivity index (χ1v) is 24.4. The van der Waals surface area contributed by atoms with E-state index >= 15 is 0 Å². The summed E-state index contributed by atoms with van der Waals surface area (Å²) in [4.78, 5) is 64.3. The first kappa shape index (κ1) is 52.1. The minimum absolute atomic E-state index is 0. The minimum Gasteiger partial charge on any atom is -0.479 e. The van der Waals surface area contributed by atoms with Crippen LogP contribution in [0.3, 0.4) is 0 Å². The summed E-state index contributed by atoms with van der Waals surface area (Å²) in [5.74, 6) is -1.75. The van der Waals surface area contributed by atoms with Gasteiger partial charge in [0.25, 0.3) is 5.24 Å². The number of ether oxygens (including phenoxy) is 2. The van der Waals surface area contributed by atoms with Gasteiger partial charge in [0, 0.05) is 64.9 Å². The number of carbonyl (C=O) groups excluding carboxylic acids is 4. The monoisotopic (exact) mass is 959 g/mol. The number of hydrogen-bond donors (Lipinski definition) is 5. The first-order valence-electron chi connectivity index (χ1n) is 23.6. The number of amides is 1. The molecule has 5 N–H and O–H groups in total. The van der Waals surface area contributed by atoms with Gasteiger partial charge in [-0.2, -0.15) is 0 Å². The topological polar surface area (TPSA) is 208 Å². The summed E-state index contributed by atoms with van der Waals surface area (Å²) < 4.78 is 13.5. The van der Waals surface area contributed by atoms with Gasteiger partial charge in [-0.25, -0.2) is 4.79 Å². The quantitative estimate of drug-likeness (QED) is 0.198. The van der Waals surface area contributed by atoms with Gasteiger partial charge in [0.05, 0.1) is 24.4 Å². The third-order valence-electron chi connectivity index (χ3n) is 18.8. The van der Waals surface area contributed by atoms with E-state index in [1.165, 1.54) is 4.90 Å². The van der Waals surface area contributed by atoms with Gasteiger partial charge in [-0.1, -0.05) is 89.6 Å². The molecule has 7 fully saturated rings. The molecule has 0 aromatic heterocycles. The van der Waals surface area contributed by atoms with Crippen LogP contribution in [-0.4, -0.2) is 108 Å². The lowest BCUT2D eigenvalue weighted by Gasteiger charge is -2.59. The molecule has 68 heavy (non-hydrogen) atoms. The molecule has 1 saturated heterocycles. The SMILES string of the molecule is C.C.C[C@]12C=CC(=O)C=C1CC[C@@H]1[C@@H]2[C@@H](O)C[C@@]2(C)[C@H]1C[C@@H](O)[C@]2(O)C(=O)O.Cc1ccc(C2O[C@@H]3C[C@H]4[C@@H]5CCC6=CC(=O)C=C[C@]6(C)[C@H]5[C@@H](O)C[C@]4(C)[C@]3(C(=O)SC(=O)N(C)C)O2)c(C)c1. The van der Waals surface area contributed by atoms with Gasteiger partial charge in [-0.3, -0.25) is 19.2 Å². The number of aryl methyl sites for hydroxylation is 2. The summed E-state index contributed by atoms with van der Waals surface area (Å²) in [7, 11) is 3.26. The molecule has 6 saturated carbocycles. The van der Waals surface area contributed by atoms with Crippen LogP contribution in [-0.2, 0) is 28.7 Å². The lowest BCUT2D eigenvalue weighted by atomic mass is 9.46. The number of carboxylic acid groups (broad SMARTS) is 1. The molecular weight excluding hydrogens is 887 g/mol. The maximum absolute atomic E-state index is 14.3. The fraction of sp³-hybridized carbons (Fsp3) is 0.648. The van der Waals surface area contributed by atoms with Crippen LogP contribution in [0.15, 0.2) is 65.8 Å². The number of aliphatic hydroxyl groups excluding tert-OH is 3. The Bertz CT molecular complexity index is 2410. The van der Waals surface area contributed by atoms with Crippen molar-refractivity contribution in [3.05, 3.63) is 82.5 Å². The lowest BCUT2D eigenvalue weighted by molar-refractivity contribution is -0.203. The molecule has 8 aliphatic carbocycles. The molecule has 10 rings (SSSR count). The molecule has 17 atom stereocenters. The lowest BCUT2D eigenvalue weighted by Crippen LogP contribution is -2.63. The van der Waals surface area contributed by atoms with Crippen molar-refractivity contribution in [2.24, 2.45) is 57.2 Å². The Balaban J connectivity index is 0.000000213. The number of ketones is 2. The van der Waals surface area contributed by atoms with Crippen LogP contribution < -0.4 is 0 Å². The highest BCUT2D eigenvalue weighted by Gasteiger charge is 2.77. The van der Waals surface area contributed by atoms with E-state index in [4.69, 9.17) is 9.47 Å². The number of nitrogens with zero attached hydrogens (tertiary/aromatic N) is 1. The first-order chi connectivity index (χ1) is 30.9. The van der Waals surface area contributed by atoms with Crippen molar-refractivity contribution in [1.29, 1.82) is 0 Å². The molecule has 1 aliphatic heterocycles. The van der Waals surface area contributed by atoms with Gasteiger partial charge < -0.3 is 39.9 Å². The van der Waals surface area contributed by atoms with E-state index in [1.54, 1.807) is 45.3 Å². The smallest absolute Gasteiger partial charge is 0.339 e. The van der Waals surface area contributed by atoms with Gasteiger partial charge in [-0.15, -0.1) is 0 Å². The average Bonchev–Trinajstić information content (AvgIpc) is 3.81. The Labute approximate surface area is 405 Å². The van der Waals surface area contributed by atoms with E-state index in [0.717, 1.165) is 40.7 Å². The Kier molecular flexibility index (Phi) is 13.4. The standard InChI is InChI=1S/C32H39NO6S.C20H26O6.2CH4/c1-17-7-9-21(18(2)13-17)27-38-25-15-23-22-10-8-19-14-20(34)11-12-30(19,3)26(22)24(35)16-31(23,4)32(25,39-27)28(36)40-29(37)33(5)6;1-18-6-5-11(21)7-10(18)3-4-12-13-8-15(23)20(26,17(24)25)19(13,2)9-14(22)16(12)18;;/h7,9,11-14,22-27,35H,8,10,15-16H2,1-6H3;5-7,12-16,22-23,26H,3-4,8-9H2,1-2H3,(H,24,25);2*1H4/t22-,23-,24-,25+,26+,27?,30-,31-,32-;12-,13-,14-,15+,16+,18-,19-,20-;;/m00../s1. The number of aliphatic carboxylic acids is 1. The second kappa shape index (κ2) is 17.5. The molecule has 14 heteroatoms. The Morgan fingerprint density at radius 1 is 0.779 bits per heavy atom. The second-order valence-electron chi connectivity index (χ2n) is 22.2. The number of carboxylic acids is 1. The Morgan fingerprint density at radius 3 is 1.79 bits per heavy atom. The zero-order valence-corrected chi connectivity index (χ0v) is 40.0. The maximum atomic E-state index is 14.3. The van der Waals surface area contributed by atoms with Gasteiger partial charge in [-0.05, 0) is 119 Å². The predicted molar refractivity (Wildman–Crippen MR) is 258 cm³/mol. The average molecular weight is 960 g/mol. The summed E-state index contributed by atoms with van der Waals surface area (Å²) in [5, 5.41) is 53.2. The molecule has 372 valence electrons. The Hall–Kier alpha value is -3.76. The fourth-order valence-corrected chi connectivity index (χ4v) is 16.5. The molecule has 13 nitrogen and oxygen atoms in total. The molecular formula is C54H73NO12S. The number of fused-ring (bicyclic) bond motifs is 12. The zero-order valence-electron chi connectivity index (χ0n) is 39.2. The van der Waals surface area contributed by atoms with E-state index < -0.39 is 69.5 Å². The van der Waals surface area contributed by atoms with Crippen molar-refractivity contribution in [3.63, 3.8) is 0 Å². The molecule has 1 aromatic carbocycles. The van der Waals surface area contributed by atoms with Crippen molar-refractivity contribution >= 4 is 39.7 Å². The molecule has 0 radical (unpaired) electrons. The summed E-state index contributed by atoms with van der Waals surface area (Å²) in [6.45, 7) is 12.0. The minimum atomic E-state index is -2.25. The molecule has 1 aromatic rings. The number of thioether (sulfide) groups is 1. The van der Waals surface area contributed by atoms with Gasteiger partial charge in [0.2, 0.25) is 5.12 Å². The van der Waals surface area contributed by atoms with Gasteiger partial charge in [0.1, 0.15) is 0 Å². The fourth-order valence-electron chi connectivity index (χ4n) is 15.6. The number of benzene rings is 1. The molecule has 0 bridgehead atoms. The third kappa shape index (κ3) is 7.19. The number of allylic oxidation sites excluding steroid dienone is 8. The number of hydrogen-bond acceptors (Lipinski definition) is 12. The van der Waals surface area contributed by atoms with Crippen LogP contribution >= 0.6 is 11.8 Å². The van der Waals surface area contributed by atoms with Crippen molar-refractivity contribution in [2.45, 2.75) is 150 Å². The van der Waals surface area contributed by atoms with Crippen LogP contribution in [0.4, 0.5) is 4.79 Å². The third-order valence-corrected chi connectivity index (χ3v) is 19.8. The van der Waals surface area contributed by atoms with Crippen molar-refractivity contribution in [2.75, 3.05) is 14.1 Å². The van der Waals surface area contributed by atoms with Crippen LogP contribution in [0.2, 0.25) is 0 Å². The largest absolute Gasteiger partial charge is 0.479 e. The number of aliphatic hydroxyl groups is 4. The molecule has 0 spiro atoms. The molecule has 1 amide bonds. The van der Waals surface area contributed by atoms with Crippen LogP contribution in [0.25, 0.3) is 0 Å². The van der Waals surface area contributed by atoms with E-state index in [2.05, 4.69) is 19.9 Å². The highest BCUT2D eigenvalue weighted by Crippen LogP contribution is 2.72. The van der Waals surface area contributed by atoms with Crippen molar-refractivity contribution < 1.29 is 59.0 Å². The maximum Gasteiger partial charge on any atom is 0.339 e. The van der Waals surface area contributed by atoms with E-state index in [-0.39, 0.29) is 85.1 Å². The Morgan fingerprint density at radius 2 is 1.29 bits per heavy atom. The summed E-state index contributed by atoms with van der Waals surface area (Å²) in [5.41, 5.74) is -1.20. The van der Waals surface area contributed by atoms with Gasteiger partial charge >= 0.3 is 5.97 Å².